The third-order valence-corrected chi connectivity index (χ3v) is 15.7. The van der Waals surface area contributed by atoms with Crippen LogP contribution in [-0.2, 0) is 16.1 Å². The molecular weight excluding hydrogens is 933 g/mol. The largest absolute Gasteiger partial charge is 0.492 e. The van der Waals surface area contributed by atoms with E-state index >= 15 is 4.39 Å². The van der Waals surface area contributed by atoms with E-state index in [2.05, 4.69) is 54.4 Å². The number of aromatic nitrogens is 3. The van der Waals surface area contributed by atoms with Gasteiger partial charge in [-0.3, -0.25) is 29.4 Å². The number of piperidine rings is 3. The first-order chi connectivity index (χ1) is 35.4. The van der Waals surface area contributed by atoms with Crippen molar-refractivity contribution in [3.63, 3.8) is 0 Å². The highest BCUT2D eigenvalue weighted by atomic mass is 19.1. The fraction of sp³-hybridized carbons (Fsp3) is 0.473. The summed E-state index contributed by atoms with van der Waals surface area (Å²) in [6, 6.07) is 17.2. The highest BCUT2D eigenvalue weighted by Crippen LogP contribution is 2.36. The second kappa shape index (κ2) is 21.3. The lowest BCUT2D eigenvalue weighted by Gasteiger charge is -2.48. The number of hydrogen-bond acceptors (Lipinski definition) is 12. The second-order valence-electron chi connectivity index (χ2n) is 20.4. The molecule has 5 aliphatic heterocycles. The van der Waals surface area contributed by atoms with Crippen LogP contribution in [0.25, 0.3) is 16.6 Å². The molecule has 4 amide bonds. The number of nitrogens with zero attached hydrogens (tertiary/aromatic N) is 9. The van der Waals surface area contributed by atoms with Crippen LogP contribution in [0.2, 0.25) is 0 Å². The minimum absolute atomic E-state index is 0.130. The van der Waals surface area contributed by atoms with Gasteiger partial charge in [-0.05, 0) is 144 Å². The number of imide groups is 1. The molecule has 18 heteroatoms. The lowest BCUT2D eigenvalue weighted by Crippen LogP contribution is -2.61. The molecule has 0 aliphatic carbocycles. The fourth-order valence-corrected chi connectivity index (χ4v) is 11.8. The van der Waals surface area contributed by atoms with E-state index in [1.54, 1.807) is 28.0 Å². The van der Waals surface area contributed by atoms with Crippen LogP contribution in [0.5, 0.6) is 5.75 Å². The molecule has 4 saturated heterocycles. The lowest BCUT2D eigenvalue weighted by molar-refractivity contribution is -0.136. The predicted molar refractivity (Wildman–Crippen MR) is 270 cm³/mol. The number of fused-ring (bicyclic) bond motifs is 2. The molecule has 8 heterocycles. The smallest absolute Gasteiger partial charge is 0.255 e. The van der Waals surface area contributed by atoms with Crippen molar-refractivity contribution in [3.8, 4) is 22.9 Å². The molecule has 2 aromatic carbocycles. The van der Waals surface area contributed by atoms with Crippen LogP contribution in [0.1, 0.15) is 109 Å². The Morgan fingerprint density at radius 3 is 2.49 bits per heavy atom. The summed E-state index contributed by atoms with van der Waals surface area (Å²) in [6.45, 7) is 13.3. The van der Waals surface area contributed by atoms with Gasteiger partial charge in [0.15, 0.2) is 0 Å². The second-order valence-corrected chi connectivity index (χ2v) is 20.4. The molecule has 10 rings (SSSR count). The predicted octanol–water partition coefficient (Wildman–Crippen LogP) is 6.14. The maximum atomic E-state index is 15.0. The van der Waals surface area contributed by atoms with Gasteiger partial charge in [0.05, 0.1) is 41.2 Å². The van der Waals surface area contributed by atoms with Crippen LogP contribution in [0.15, 0.2) is 73.2 Å². The standard InChI is InChI=1S/C55H63F2N11O5/c1-3-18-63(19-5-20-64-32-42(33-64)65-21-14-36(15-22-65)37-6-7-39-31-67(54(72)45(39)25-37)48-11-13-50(69)61-53(48)71)35-55(62-52(70)46-26-41(56)9-10-47(46)57)16-23-66(24-17-55)49-12-8-38(29-59-49)44-27-43(73-4-2)34-68-51(44)40(28-58)30-60-68/h6-10,12,25-27,29-30,34,36,42,48H,3-5,11,13-24,31-33,35H2,1-2H3,(H,62,70)(H,61,69,71). The first kappa shape index (κ1) is 49.8. The Morgan fingerprint density at radius 1 is 0.959 bits per heavy atom. The minimum atomic E-state index is -0.765. The van der Waals surface area contributed by atoms with Crippen LogP contribution >= 0.6 is 0 Å². The number of halogens is 2. The van der Waals surface area contributed by atoms with Gasteiger partial charge in [0.1, 0.15) is 35.3 Å². The molecule has 1 unspecified atom stereocenters. The van der Waals surface area contributed by atoms with Crippen molar-refractivity contribution in [1.29, 1.82) is 5.26 Å². The van der Waals surface area contributed by atoms with Gasteiger partial charge in [-0.1, -0.05) is 19.1 Å². The van der Waals surface area contributed by atoms with Gasteiger partial charge in [-0.25, -0.2) is 18.3 Å². The van der Waals surface area contributed by atoms with Crippen molar-refractivity contribution in [2.24, 2.45) is 0 Å². The number of ether oxygens (including phenoxy) is 1. The molecule has 0 bridgehead atoms. The SMILES string of the molecule is CCCN(CCCN1CC(N2CCC(c3ccc4c(c3)C(=O)N(C3CCC(=O)NC3=O)C4)CC2)C1)CC1(NC(=O)c2cc(F)ccc2F)CCN(c2ccc(-c3cc(OCC)cn4ncc(C#N)c34)cn2)CC1. The minimum Gasteiger partial charge on any atom is -0.492 e. The summed E-state index contributed by atoms with van der Waals surface area (Å²) in [4.78, 5) is 67.8. The zero-order chi connectivity index (χ0) is 50.8. The van der Waals surface area contributed by atoms with Crippen LogP contribution in [0, 0.1) is 23.0 Å². The third kappa shape index (κ3) is 10.5. The number of likely N-dealkylation sites (tertiary alicyclic amines) is 2. The Kier molecular flexibility index (Phi) is 14.5. The van der Waals surface area contributed by atoms with E-state index in [4.69, 9.17) is 9.72 Å². The Labute approximate surface area is 424 Å². The summed E-state index contributed by atoms with van der Waals surface area (Å²) in [5.41, 5.74) is 4.48. The zero-order valence-electron chi connectivity index (χ0n) is 41.6. The normalized spacial score (nSPS) is 19.8. The summed E-state index contributed by atoms with van der Waals surface area (Å²) in [5, 5.41) is 19.8. The topological polar surface area (TPSA) is 172 Å². The quantitative estimate of drug-likeness (QED) is 0.102. The highest BCUT2D eigenvalue weighted by molar-refractivity contribution is 6.05. The van der Waals surface area contributed by atoms with Crippen molar-refractivity contribution in [2.45, 2.75) is 95.3 Å². The molecule has 3 aromatic heterocycles. The molecular formula is C55H63F2N11O5. The highest BCUT2D eigenvalue weighted by Gasteiger charge is 2.41. The van der Waals surface area contributed by atoms with Crippen LogP contribution in [0.3, 0.4) is 0 Å². The van der Waals surface area contributed by atoms with Gasteiger partial charge < -0.3 is 29.7 Å². The van der Waals surface area contributed by atoms with Crippen LogP contribution in [0.4, 0.5) is 14.6 Å². The Hall–Kier alpha value is -6.81. The maximum Gasteiger partial charge on any atom is 0.255 e. The summed E-state index contributed by atoms with van der Waals surface area (Å²) in [7, 11) is 0. The molecule has 5 aliphatic rings. The van der Waals surface area contributed by atoms with Crippen LogP contribution in [-0.4, -0.2) is 148 Å². The van der Waals surface area contributed by atoms with Crippen molar-refractivity contribution < 1.29 is 32.7 Å². The van der Waals surface area contributed by atoms with Gasteiger partial charge in [0, 0.05) is 74.6 Å². The number of benzene rings is 2. The number of pyridine rings is 2. The molecule has 382 valence electrons. The number of carbonyl (C=O) groups is 4. The number of hydrogen-bond donors (Lipinski definition) is 2. The van der Waals surface area contributed by atoms with E-state index < -0.39 is 35.0 Å². The first-order valence-electron chi connectivity index (χ1n) is 25.9. The maximum absolute atomic E-state index is 15.0. The Balaban J connectivity index is 0.734. The van der Waals surface area contributed by atoms with Gasteiger partial charge in [-0.2, -0.15) is 10.4 Å². The first-order valence-corrected chi connectivity index (χ1v) is 25.9. The van der Waals surface area contributed by atoms with E-state index in [9.17, 15) is 28.8 Å². The molecule has 16 nitrogen and oxygen atoms in total. The Morgan fingerprint density at radius 2 is 1.77 bits per heavy atom. The van der Waals surface area contributed by atoms with Crippen molar-refractivity contribution in [3.05, 3.63) is 113 Å². The van der Waals surface area contributed by atoms with Gasteiger partial charge >= 0.3 is 0 Å². The van der Waals surface area contributed by atoms with Gasteiger partial charge in [0.25, 0.3) is 11.8 Å². The molecule has 0 saturated carbocycles. The molecule has 5 aromatic rings. The third-order valence-electron chi connectivity index (χ3n) is 15.7. The molecule has 73 heavy (non-hydrogen) atoms. The average Bonchev–Trinajstić information content (AvgIpc) is 3.95. The monoisotopic (exact) mass is 995 g/mol. The number of anilines is 1. The number of nitrogens with one attached hydrogen (secondary N) is 2. The zero-order valence-corrected chi connectivity index (χ0v) is 41.6. The van der Waals surface area contributed by atoms with Gasteiger partial charge in [0.2, 0.25) is 11.8 Å². The van der Waals surface area contributed by atoms with E-state index in [0.717, 1.165) is 112 Å². The summed E-state index contributed by atoms with van der Waals surface area (Å²) in [5.74, 6) is -1.11. The summed E-state index contributed by atoms with van der Waals surface area (Å²) >= 11 is 0. The van der Waals surface area contributed by atoms with Crippen molar-refractivity contribution in [1.82, 2.24) is 44.8 Å². The fourth-order valence-electron chi connectivity index (χ4n) is 11.8. The van der Waals surface area contributed by atoms with Crippen LogP contribution < -0.4 is 20.3 Å². The lowest BCUT2D eigenvalue weighted by atomic mass is 9.86. The van der Waals surface area contributed by atoms with E-state index in [1.165, 1.54) is 5.56 Å². The number of nitriles is 1. The van der Waals surface area contributed by atoms with E-state index in [0.29, 0.717) is 86.4 Å². The van der Waals surface area contributed by atoms with Gasteiger partial charge in [-0.15, -0.1) is 0 Å². The van der Waals surface area contributed by atoms with Crippen molar-refractivity contribution in [2.75, 3.05) is 77.0 Å². The summed E-state index contributed by atoms with van der Waals surface area (Å²) < 4.78 is 36.8. The molecule has 2 N–H and O–H groups in total. The number of rotatable bonds is 17. The molecule has 0 radical (unpaired) electrons. The Bertz CT molecular complexity index is 2920. The van der Waals surface area contributed by atoms with Crippen molar-refractivity contribution >= 4 is 35.0 Å². The number of carbonyl (C=O) groups excluding carboxylic acids is 4. The van der Waals surface area contributed by atoms with E-state index in [-0.39, 0.29) is 23.8 Å². The van der Waals surface area contributed by atoms with E-state index in [1.807, 2.05) is 37.3 Å². The average molecular weight is 996 g/mol. The molecule has 0 spiro atoms. The summed E-state index contributed by atoms with van der Waals surface area (Å²) in [6.07, 6.45) is 10.7. The molecule has 1 atom stereocenters. The molecule has 4 fully saturated rings. The number of amides is 4.